The smallest absolute Gasteiger partial charge is 0.355 e. The second-order valence-corrected chi connectivity index (χ2v) is 13.5. The zero-order chi connectivity index (χ0) is 32.1. The molecule has 0 saturated heterocycles. The molecule has 5 rings (SSSR count). The van der Waals surface area contributed by atoms with Gasteiger partial charge in [-0.05, 0) is 79.9 Å². The highest BCUT2D eigenvalue weighted by Gasteiger charge is 2.21. The maximum atomic E-state index is 13.6. The number of benzene rings is 3. The normalized spacial score (nSPS) is 12.1. The summed E-state index contributed by atoms with van der Waals surface area (Å²) >= 11 is 0. The molecule has 0 aliphatic rings. The fourth-order valence-corrected chi connectivity index (χ4v) is 6.98. The SMILES string of the molecule is CC(C)N(CCOC(=O)c1cc2ccc(CN)nc2n1Cc1cc(NS(=O)(=O)Cc2ccccc2)cc2ccccc12)C(C)C. The van der Waals surface area contributed by atoms with Gasteiger partial charge in [0.05, 0.1) is 18.0 Å². The van der Waals surface area contributed by atoms with Crippen LogP contribution in [0, 0.1) is 0 Å². The predicted molar refractivity (Wildman–Crippen MR) is 181 cm³/mol. The van der Waals surface area contributed by atoms with Crippen molar-refractivity contribution in [2.24, 2.45) is 5.73 Å². The summed E-state index contributed by atoms with van der Waals surface area (Å²) in [4.78, 5) is 20.6. The van der Waals surface area contributed by atoms with E-state index in [1.165, 1.54) is 0 Å². The summed E-state index contributed by atoms with van der Waals surface area (Å²) in [5.41, 5.74) is 9.55. The van der Waals surface area contributed by atoms with Gasteiger partial charge in [0.25, 0.3) is 0 Å². The first-order valence-electron chi connectivity index (χ1n) is 15.2. The fourth-order valence-electron chi connectivity index (χ4n) is 5.80. The molecule has 0 aliphatic heterocycles. The van der Waals surface area contributed by atoms with Crippen molar-refractivity contribution in [3.8, 4) is 0 Å². The van der Waals surface area contributed by atoms with Gasteiger partial charge in [-0.2, -0.15) is 0 Å². The number of carbonyl (C=O) groups is 1. The lowest BCUT2D eigenvalue weighted by molar-refractivity contribution is 0.0406. The lowest BCUT2D eigenvalue weighted by Gasteiger charge is -2.30. The number of aromatic nitrogens is 2. The van der Waals surface area contributed by atoms with E-state index >= 15 is 0 Å². The molecule has 3 N–H and O–H groups in total. The van der Waals surface area contributed by atoms with Gasteiger partial charge in [-0.25, -0.2) is 18.2 Å². The Hall–Kier alpha value is -4.25. The van der Waals surface area contributed by atoms with Crippen molar-refractivity contribution in [3.05, 3.63) is 107 Å². The van der Waals surface area contributed by atoms with E-state index in [0.29, 0.717) is 46.9 Å². The summed E-state index contributed by atoms with van der Waals surface area (Å²) in [7, 11) is -3.69. The molecule has 2 heterocycles. The number of nitrogens with one attached hydrogen (secondary N) is 1. The molecule has 45 heavy (non-hydrogen) atoms. The number of pyridine rings is 1. The summed E-state index contributed by atoms with van der Waals surface area (Å²) in [6.07, 6.45) is 0. The highest BCUT2D eigenvalue weighted by molar-refractivity contribution is 7.91. The van der Waals surface area contributed by atoms with E-state index in [1.807, 2.05) is 71.3 Å². The number of anilines is 1. The third kappa shape index (κ3) is 7.70. The summed E-state index contributed by atoms with van der Waals surface area (Å²) in [5.74, 6) is -0.593. The maximum absolute atomic E-state index is 13.6. The molecule has 0 unspecified atom stereocenters. The van der Waals surface area contributed by atoms with Crippen LogP contribution >= 0.6 is 0 Å². The summed E-state index contributed by atoms with van der Waals surface area (Å²) < 4.78 is 36.7. The molecule has 3 aromatic carbocycles. The number of ether oxygens (including phenoxy) is 1. The van der Waals surface area contributed by atoms with Crippen LogP contribution in [0.15, 0.2) is 84.9 Å². The molecule has 0 amide bonds. The molecule has 0 atom stereocenters. The second-order valence-electron chi connectivity index (χ2n) is 11.8. The average Bonchev–Trinajstić information content (AvgIpc) is 3.36. The van der Waals surface area contributed by atoms with Crippen molar-refractivity contribution in [2.45, 2.75) is 58.6 Å². The van der Waals surface area contributed by atoms with E-state index in [1.54, 1.807) is 18.2 Å². The highest BCUT2D eigenvalue weighted by Crippen LogP contribution is 2.29. The minimum absolute atomic E-state index is 0.148. The Morgan fingerprint density at radius 2 is 1.64 bits per heavy atom. The lowest BCUT2D eigenvalue weighted by atomic mass is 10.0. The van der Waals surface area contributed by atoms with Crippen LogP contribution < -0.4 is 10.5 Å². The van der Waals surface area contributed by atoms with Crippen molar-refractivity contribution >= 4 is 43.5 Å². The molecule has 2 aromatic heterocycles. The zero-order valence-corrected chi connectivity index (χ0v) is 27.0. The van der Waals surface area contributed by atoms with Crippen molar-refractivity contribution in [1.82, 2.24) is 14.5 Å². The number of hydrogen-bond donors (Lipinski definition) is 2. The van der Waals surface area contributed by atoms with Crippen LogP contribution in [0.4, 0.5) is 5.69 Å². The van der Waals surface area contributed by atoms with Gasteiger partial charge in [0, 0.05) is 36.2 Å². The maximum Gasteiger partial charge on any atom is 0.355 e. The Balaban J connectivity index is 1.51. The molecule has 0 bridgehead atoms. The Bertz CT molecular complexity index is 1890. The topological polar surface area (TPSA) is 120 Å². The van der Waals surface area contributed by atoms with Gasteiger partial charge in [-0.1, -0.05) is 54.6 Å². The molecule has 5 aromatic rings. The van der Waals surface area contributed by atoms with Gasteiger partial charge in [0.1, 0.15) is 17.9 Å². The molecule has 0 aliphatic carbocycles. The number of sulfonamides is 1. The second kappa shape index (κ2) is 13.8. The number of nitrogens with zero attached hydrogens (tertiary/aromatic N) is 3. The van der Waals surface area contributed by atoms with Crippen molar-refractivity contribution in [3.63, 3.8) is 0 Å². The first-order valence-corrected chi connectivity index (χ1v) is 16.9. The summed E-state index contributed by atoms with van der Waals surface area (Å²) in [6.45, 7) is 9.88. The van der Waals surface area contributed by atoms with E-state index in [2.05, 4.69) is 37.3 Å². The Labute approximate surface area is 265 Å². The summed E-state index contributed by atoms with van der Waals surface area (Å²) in [5, 5.41) is 2.59. The van der Waals surface area contributed by atoms with Gasteiger partial charge in [0.15, 0.2) is 0 Å². The van der Waals surface area contributed by atoms with E-state index in [0.717, 1.165) is 21.7 Å². The van der Waals surface area contributed by atoms with E-state index in [4.69, 9.17) is 15.5 Å². The number of esters is 1. The zero-order valence-electron chi connectivity index (χ0n) is 26.2. The van der Waals surface area contributed by atoms with Gasteiger partial charge in [-0.3, -0.25) is 9.62 Å². The van der Waals surface area contributed by atoms with Crippen LogP contribution in [0.5, 0.6) is 0 Å². The van der Waals surface area contributed by atoms with Crippen LogP contribution in [0.2, 0.25) is 0 Å². The largest absolute Gasteiger partial charge is 0.460 e. The molecule has 236 valence electrons. The molecule has 0 saturated carbocycles. The van der Waals surface area contributed by atoms with E-state index in [-0.39, 0.29) is 25.4 Å². The molecule has 0 spiro atoms. The fraction of sp³-hybridized carbons (Fsp3) is 0.314. The van der Waals surface area contributed by atoms with Crippen molar-refractivity contribution < 1.29 is 17.9 Å². The highest BCUT2D eigenvalue weighted by atomic mass is 32.2. The first-order chi connectivity index (χ1) is 21.5. The van der Waals surface area contributed by atoms with Crippen LogP contribution in [-0.4, -0.2) is 54.1 Å². The number of nitrogens with two attached hydrogens (primary N) is 1. The third-order valence-electron chi connectivity index (χ3n) is 7.88. The number of rotatable bonds is 13. The van der Waals surface area contributed by atoms with Gasteiger partial charge >= 0.3 is 5.97 Å². The van der Waals surface area contributed by atoms with Gasteiger partial charge in [0.2, 0.25) is 10.0 Å². The molecule has 10 heteroatoms. The minimum atomic E-state index is -3.69. The van der Waals surface area contributed by atoms with E-state index in [9.17, 15) is 13.2 Å². The predicted octanol–water partition coefficient (Wildman–Crippen LogP) is 5.91. The van der Waals surface area contributed by atoms with Crippen molar-refractivity contribution in [1.29, 1.82) is 0 Å². The quantitative estimate of drug-likeness (QED) is 0.156. The molecular formula is C35H41N5O4S. The molecule has 0 fully saturated rings. The molecule has 0 radical (unpaired) electrons. The Morgan fingerprint density at radius 3 is 2.36 bits per heavy atom. The number of carbonyl (C=O) groups excluding carboxylic acids is 1. The lowest BCUT2D eigenvalue weighted by Crippen LogP contribution is -2.39. The first kappa shape index (κ1) is 32.2. The average molecular weight is 628 g/mol. The standard InChI is InChI=1S/C35H41N5O4S/c1-24(2)39(25(3)4)16-17-44-35(41)33-20-28-14-15-30(21-36)37-34(28)40(33)22-29-19-31(18-27-12-8-9-13-32(27)29)38-45(42,43)23-26-10-6-5-7-11-26/h5-15,18-20,24-25,38H,16-17,21-23,36H2,1-4H3. The van der Waals surface area contributed by atoms with Crippen LogP contribution in [0.3, 0.4) is 0 Å². The van der Waals surface area contributed by atoms with Crippen LogP contribution in [-0.2, 0) is 33.6 Å². The van der Waals surface area contributed by atoms with Crippen LogP contribution in [0.25, 0.3) is 21.8 Å². The summed E-state index contributed by atoms with van der Waals surface area (Å²) in [6, 6.07) is 26.7. The van der Waals surface area contributed by atoms with E-state index < -0.39 is 16.0 Å². The Kier molecular flexibility index (Phi) is 9.86. The molecular weight excluding hydrogens is 586 g/mol. The van der Waals surface area contributed by atoms with Gasteiger partial charge in [-0.15, -0.1) is 0 Å². The monoisotopic (exact) mass is 627 g/mol. The minimum Gasteiger partial charge on any atom is -0.460 e. The number of hydrogen-bond acceptors (Lipinski definition) is 7. The van der Waals surface area contributed by atoms with Gasteiger partial charge < -0.3 is 15.0 Å². The number of fused-ring (bicyclic) bond motifs is 2. The van der Waals surface area contributed by atoms with Crippen molar-refractivity contribution in [2.75, 3.05) is 17.9 Å². The Morgan fingerprint density at radius 1 is 0.933 bits per heavy atom. The molecule has 9 nitrogen and oxygen atoms in total. The third-order valence-corrected chi connectivity index (χ3v) is 9.14. The van der Waals surface area contributed by atoms with Crippen LogP contribution in [0.1, 0.15) is 55.0 Å².